The maximum atomic E-state index is 9.21. The number of nitriles is 1. The van der Waals surface area contributed by atoms with Gasteiger partial charge in [0.15, 0.2) is 5.97 Å². The third-order valence-corrected chi connectivity index (χ3v) is 4.31. The molecule has 0 aliphatic carbocycles. The average molecular weight is 367 g/mol. The van der Waals surface area contributed by atoms with Crippen molar-refractivity contribution in [3.63, 3.8) is 0 Å². The number of rotatable bonds is 3. The zero-order valence-corrected chi connectivity index (χ0v) is 14.8. The average Bonchev–Trinajstić information content (AvgIpc) is 2.70. The fraction of sp³-hybridized carbons (Fsp3) is 0.250. The lowest BCUT2D eigenvalue weighted by molar-refractivity contribution is -0.914. The molecule has 1 fully saturated rings. The first-order valence-corrected chi connectivity index (χ1v) is 8.57. The molecule has 0 bridgehead atoms. The number of benzene rings is 2. The summed E-state index contributed by atoms with van der Waals surface area (Å²) < 4.78 is 0. The van der Waals surface area contributed by atoms with Crippen LogP contribution in [0.1, 0.15) is 11.1 Å². The molecule has 0 saturated carbocycles. The van der Waals surface area contributed by atoms with Crippen LogP contribution in [0.4, 0.5) is 5.69 Å². The summed E-state index contributed by atoms with van der Waals surface area (Å²) in [5.41, 5.74) is 3.26. The minimum absolute atomic E-state index is 0.781. The predicted octanol–water partition coefficient (Wildman–Crippen LogP) is -0.716. The molecule has 0 amide bonds. The second kappa shape index (κ2) is 9.94. The van der Waals surface area contributed by atoms with E-state index < -0.39 is 11.9 Å². The minimum atomic E-state index is -2.07. The van der Waals surface area contributed by atoms with Crippen LogP contribution < -0.4 is 14.9 Å². The Bertz CT molecular complexity index is 797. The number of aliphatic carboxylic acids is 2. The number of piperazine rings is 1. The number of hydrogen-bond donors (Lipinski definition) is 2. The number of carbonyl (C=O) groups is 2. The van der Waals surface area contributed by atoms with Gasteiger partial charge < -0.3 is 24.8 Å². The highest BCUT2D eigenvalue weighted by atomic mass is 16.4. The van der Waals surface area contributed by atoms with Crippen LogP contribution in [0.2, 0.25) is 0 Å². The van der Waals surface area contributed by atoms with E-state index in [2.05, 4.69) is 47.4 Å². The van der Waals surface area contributed by atoms with Crippen molar-refractivity contribution in [2.24, 2.45) is 0 Å². The van der Waals surface area contributed by atoms with Crippen molar-refractivity contribution in [2.45, 2.75) is 6.54 Å². The Labute approximate surface area is 157 Å². The summed E-state index contributed by atoms with van der Waals surface area (Å²) in [4.78, 5) is 22.0. The summed E-state index contributed by atoms with van der Waals surface area (Å²) in [5, 5.41) is 25.5. The monoisotopic (exact) mass is 367 g/mol. The fourth-order valence-electron chi connectivity index (χ4n) is 2.97. The lowest BCUT2D eigenvalue weighted by Crippen LogP contribution is -3.13. The molecule has 0 radical (unpaired) electrons. The highest BCUT2D eigenvalue weighted by Crippen LogP contribution is 2.19. The predicted molar refractivity (Wildman–Crippen MR) is 96.9 cm³/mol. The smallest absolute Gasteiger partial charge is 0.351 e. The van der Waals surface area contributed by atoms with Gasteiger partial charge >= 0.3 is 5.97 Å². The van der Waals surface area contributed by atoms with Crippen molar-refractivity contribution in [2.75, 3.05) is 31.1 Å². The van der Waals surface area contributed by atoms with E-state index >= 15 is 0 Å². The number of nitrogens with zero attached hydrogens (tertiary/aromatic N) is 2. The Balaban J connectivity index is 0.000000380. The number of hydrogen-bond acceptors (Lipinski definition) is 5. The Morgan fingerprint density at radius 2 is 1.63 bits per heavy atom. The number of para-hydroxylation sites is 1. The molecule has 1 heterocycles. The number of anilines is 1. The van der Waals surface area contributed by atoms with Crippen molar-refractivity contribution in [1.29, 1.82) is 5.26 Å². The fourth-order valence-corrected chi connectivity index (χ4v) is 2.97. The molecule has 1 aliphatic rings. The topological polar surface area (TPSA) is 109 Å². The van der Waals surface area contributed by atoms with Gasteiger partial charge in [-0.15, -0.1) is 0 Å². The third-order valence-electron chi connectivity index (χ3n) is 4.31. The first kappa shape index (κ1) is 19.9. The second-order valence-corrected chi connectivity index (χ2v) is 6.12. The van der Waals surface area contributed by atoms with Crippen LogP contribution in [0.25, 0.3) is 0 Å². The Morgan fingerprint density at radius 1 is 1.07 bits per heavy atom. The third kappa shape index (κ3) is 6.13. The van der Waals surface area contributed by atoms with E-state index in [1.54, 1.807) is 4.90 Å². The quantitative estimate of drug-likeness (QED) is 0.694. The first-order chi connectivity index (χ1) is 13.0. The van der Waals surface area contributed by atoms with Crippen LogP contribution in [0.15, 0.2) is 54.6 Å². The van der Waals surface area contributed by atoms with Gasteiger partial charge in [0.25, 0.3) is 0 Å². The first-order valence-electron chi connectivity index (χ1n) is 8.57. The van der Waals surface area contributed by atoms with Crippen molar-refractivity contribution in [3.05, 3.63) is 65.7 Å². The van der Waals surface area contributed by atoms with Gasteiger partial charge in [-0.1, -0.05) is 42.5 Å². The zero-order chi connectivity index (χ0) is 19.6. The van der Waals surface area contributed by atoms with Gasteiger partial charge in [-0.25, -0.2) is 4.79 Å². The van der Waals surface area contributed by atoms with Crippen molar-refractivity contribution in [3.8, 4) is 6.07 Å². The van der Waals surface area contributed by atoms with Crippen LogP contribution in [0.5, 0.6) is 0 Å². The lowest BCUT2D eigenvalue weighted by Gasteiger charge is -2.34. The molecule has 7 heteroatoms. The van der Waals surface area contributed by atoms with E-state index in [9.17, 15) is 5.26 Å². The molecule has 3 rings (SSSR count). The maximum absolute atomic E-state index is 9.21. The molecule has 0 unspecified atom stereocenters. The van der Waals surface area contributed by atoms with E-state index in [-0.39, 0.29) is 0 Å². The number of carbonyl (C=O) groups excluding carboxylic acids is 1. The minimum Gasteiger partial charge on any atom is -0.539 e. The van der Waals surface area contributed by atoms with Crippen molar-refractivity contribution >= 4 is 17.6 Å². The van der Waals surface area contributed by atoms with Gasteiger partial charge in [-0.05, 0) is 12.1 Å². The van der Waals surface area contributed by atoms with Crippen LogP contribution in [0, 0.1) is 11.3 Å². The van der Waals surface area contributed by atoms with E-state index in [1.165, 1.54) is 5.56 Å². The second-order valence-electron chi connectivity index (χ2n) is 6.12. The van der Waals surface area contributed by atoms with E-state index in [0.717, 1.165) is 44.0 Å². The van der Waals surface area contributed by atoms with Gasteiger partial charge in [-0.3, -0.25) is 0 Å². The molecule has 2 N–H and O–H groups in total. The lowest BCUT2D eigenvalue weighted by atomic mass is 10.1. The van der Waals surface area contributed by atoms with E-state index in [1.807, 2.05) is 18.2 Å². The van der Waals surface area contributed by atoms with Gasteiger partial charge in [0.1, 0.15) is 12.6 Å². The number of carboxylic acids is 2. The van der Waals surface area contributed by atoms with Crippen molar-refractivity contribution < 1.29 is 24.7 Å². The molecule has 0 atom stereocenters. The number of quaternary nitrogens is 1. The van der Waals surface area contributed by atoms with E-state index in [4.69, 9.17) is 19.8 Å². The normalized spacial score (nSPS) is 13.8. The van der Waals surface area contributed by atoms with Gasteiger partial charge in [0, 0.05) is 5.56 Å². The number of nitrogens with one attached hydrogen (secondary N) is 1. The molecule has 0 aromatic heterocycles. The molecule has 2 aromatic carbocycles. The zero-order valence-electron chi connectivity index (χ0n) is 14.8. The molecule has 140 valence electrons. The van der Waals surface area contributed by atoms with Crippen LogP contribution in [0.3, 0.4) is 0 Å². The maximum Gasteiger partial charge on any atom is 0.351 e. The van der Waals surface area contributed by atoms with Gasteiger partial charge in [0.2, 0.25) is 0 Å². The summed E-state index contributed by atoms with van der Waals surface area (Å²) >= 11 is 0. The summed E-state index contributed by atoms with van der Waals surface area (Å²) in [5.74, 6) is -4.01. The molecular weight excluding hydrogens is 346 g/mol. The van der Waals surface area contributed by atoms with Crippen LogP contribution in [-0.4, -0.2) is 43.2 Å². The van der Waals surface area contributed by atoms with Crippen LogP contribution in [-0.2, 0) is 16.1 Å². The molecule has 1 aliphatic heterocycles. The summed E-state index contributed by atoms with van der Waals surface area (Å²) in [6, 6.07) is 20.9. The van der Waals surface area contributed by atoms with Crippen LogP contribution >= 0.6 is 0 Å². The molecule has 2 aromatic rings. The van der Waals surface area contributed by atoms with Gasteiger partial charge in [-0.2, -0.15) is 5.26 Å². The highest BCUT2D eigenvalue weighted by Gasteiger charge is 2.21. The molecule has 1 saturated heterocycles. The number of carboxylic acid groups (broad SMARTS) is 2. The molecule has 7 nitrogen and oxygen atoms in total. The summed E-state index contributed by atoms with van der Waals surface area (Å²) in [7, 11) is 0. The van der Waals surface area contributed by atoms with Gasteiger partial charge in [0.05, 0.1) is 37.4 Å². The molecular formula is C20H21N3O4. The summed E-state index contributed by atoms with van der Waals surface area (Å²) in [6.07, 6.45) is 0. The van der Waals surface area contributed by atoms with E-state index in [0.29, 0.717) is 0 Å². The standard InChI is InChI=1S/C18H19N3.C2H2O4/c19-14-17-8-4-5-9-18(17)21-12-10-20(11-13-21)15-16-6-2-1-3-7-16;3-1(4)2(5)6/h1-9H,10-13,15H2;(H,3,4)(H,5,6). The van der Waals surface area contributed by atoms with Crippen molar-refractivity contribution in [1.82, 2.24) is 0 Å². The SMILES string of the molecule is N#Cc1ccccc1N1CC[NH+](Cc2ccccc2)CC1.O=C([O-])C(=O)O. The summed E-state index contributed by atoms with van der Waals surface area (Å²) in [6.45, 7) is 5.36. The highest BCUT2D eigenvalue weighted by molar-refractivity contribution is 6.26. The Morgan fingerprint density at radius 3 is 2.19 bits per heavy atom. The Kier molecular flexibility index (Phi) is 7.35. The Hall–Kier alpha value is -3.37. The molecule has 0 spiro atoms. The largest absolute Gasteiger partial charge is 0.539 e. The molecule has 27 heavy (non-hydrogen) atoms.